The maximum atomic E-state index is 12.8. The standard InChI is InChI=1S/C26H29N3O5/c1-17-14-19(29(2)3)11-12-20(17)28-26(31)18-10-13-23(24(15-18)33-5)34-16-25(30)27-21-8-6-7-9-22(21)32-4/h6-15H,16H2,1-5H3,(H,27,30)(H,28,31). The molecule has 0 aromatic heterocycles. The summed E-state index contributed by atoms with van der Waals surface area (Å²) in [6, 6.07) is 17.7. The summed E-state index contributed by atoms with van der Waals surface area (Å²) in [6.45, 7) is 1.70. The second-order valence-corrected chi connectivity index (χ2v) is 7.75. The van der Waals surface area contributed by atoms with E-state index in [1.165, 1.54) is 14.2 Å². The van der Waals surface area contributed by atoms with Crippen LogP contribution in [0.3, 0.4) is 0 Å². The molecule has 0 atom stereocenters. The van der Waals surface area contributed by atoms with E-state index in [0.717, 1.165) is 16.9 Å². The largest absolute Gasteiger partial charge is 0.495 e. The third-order valence-electron chi connectivity index (χ3n) is 5.14. The fourth-order valence-electron chi connectivity index (χ4n) is 3.27. The molecule has 3 rings (SSSR count). The van der Waals surface area contributed by atoms with Crippen molar-refractivity contribution in [2.45, 2.75) is 6.92 Å². The highest BCUT2D eigenvalue weighted by atomic mass is 16.5. The number of aryl methyl sites for hydroxylation is 1. The van der Waals surface area contributed by atoms with Crippen molar-refractivity contribution < 1.29 is 23.8 Å². The molecule has 0 heterocycles. The molecule has 2 amide bonds. The van der Waals surface area contributed by atoms with Crippen LogP contribution in [0, 0.1) is 6.92 Å². The highest BCUT2D eigenvalue weighted by molar-refractivity contribution is 6.05. The van der Waals surface area contributed by atoms with Crippen LogP contribution >= 0.6 is 0 Å². The first-order chi connectivity index (χ1) is 16.3. The molecule has 2 N–H and O–H groups in total. The van der Waals surface area contributed by atoms with Gasteiger partial charge in [-0.15, -0.1) is 0 Å². The van der Waals surface area contributed by atoms with E-state index >= 15 is 0 Å². The van der Waals surface area contributed by atoms with Crippen LogP contribution in [-0.2, 0) is 4.79 Å². The predicted molar refractivity (Wildman–Crippen MR) is 134 cm³/mol. The van der Waals surface area contributed by atoms with Gasteiger partial charge in [0, 0.05) is 31.0 Å². The van der Waals surface area contributed by atoms with Crippen molar-refractivity contribution in [3.63, 3.8) is 0 Å². The normalized spacial score (nSPS) is 10.3. The van der Waals surface area contributed by atoms with Crippen molar-refractivity contribution >= 4 is 28.9 Å². The maximum absolute atomic E-state index is 12.8. The third kappa shape index (κ3) is 5.98. The van der Waals surface area contributed by atoms with E-state index in [-0.39, 0.29) is 18.4 Å². The van der Waals surface area contributed by atoms with E-state index in [9.17, 15) is 9.59 Å². The number of nitrogens with one attached hydrogen (secondary N) is 2. The van der Waals surface area contributed by atoms with Gasteiger partial charge in [0.2, 0.25) is 0 Å². The number of methoxy groups -OCH3 is 2. The van der Waals surface area contributed by atoms with Crippen LogP contribution in [0.25, 0.3) is 0 Å². The fourth-order valence-corrected chi connectivity index (χ4v) is 3.27. The van der Waals surface area contributed by atoms with Crippen molar-refractivity contribution in [1.82, 2.24) is 0 Å². The molecule has 3 aromatic rings. The number of ether oxygens (including phenoxy) is 3. The minimum absolute atomic E-state index is 0.239. The first kappa shape index (κ1) is 24.4. The molecule has 0 fully saturated rings. The van der Waals surface area contributed by atoms with Gasteiger partial charge in [-0.3, -0.25) is 9.59 Å². The van der Waals surface area contributed by atoms with Crippen LogP contribution in [0.5, 0.6) is 17.2 Å². The van der Waals surface area contributed by atoms with Gasteiger partial charge in [-0.1, -0.05) is 12.1 Å². The highest BCUT2D eigenvalue weighted by Gasteiger charge is 2.14. The fraction of sp³-hybridized carbons (Fsp3) is 0.231. The molecule has 0 aliphatic rings. The number of carbonyl (C=O) groups excluding carboxylic acids is 2. The van der Waals surface area contributed by atoms with Crippen molar-refractivity contribution in [2.24, 2.45) is 0 Å². The number of carbonyl (C=O) groups is 2. The van der Waals surface area contributed by atoms with Gasteiger partial charge in [0.1, 0.15) is 5.75 Å². The Morgan fingerprint density at radius 2 is 1.56 bits per heavy atom. The molecular formula is C26H29N3O5. The summed E-state index contributed by atoms with van der Waals surface area (Å²) < 4.78 is 16.2. The average molecular weight is 464 g/mol. The number of hydrogen-bond acceptors (Lipinski definition) is 6. The van der Waals surface area contributed by atoms with Crippen molar-refractivity contribution in [1.29, 1.82) is 0 Å². The summed E-state index contributed by atoms with van der Waals surface area (Å²) in [4.78, 5) is 27.1. The number of rotatable bonds is 9. The van der Waals surface area contributed by atoms with Gasteiger partial charge in [-0.05, 0) is 61.0 Å². The minimum Gasteiger partial charge on any atom is -0.495 e. The monoisotopic (exact) mass is 463 g/mol. The van der Waals surface area contributed by atoms with Gasteiger partial charge in [0.15, 0.2) is 18.1 Å². The summed E-state index contributed by atoms with van der Waals surface area (Å²) in [5.41, 5.74) is 3.68. The molecule has 3 aromatic carbocycles. The van der Waals surface area contributed by atoms with E-state index in [0.29, 0.717) is 28.5 Å². The SMILES string of the molecule is COc1ccccc1NC(=O)COc1ccc(C(=O)Nc2ccc(N(C)C)cc2C)cc1OC. The Morgan fingerprint density at radius 1 is 0.824 bits per heavy atom. The molecule has 0 bridgehead atoms. The van der Waals surface area contributed by atoms with E-state index in [1.807, 2.05) is 50.2 Å². The van der Waals surface area contributed by atoms with Gasteiger partial charge in [-0.25, -0.2) is 0 Å². The number of anilines is 3. The highest BCUT2D eigenvalue weighted by Crippen LogP contribution is 2.29. The van der Waals surface area contributed by atoms with Gasteiger partial charge in [0.25, 0.3) is 11.8 Å². The van der Waals surface area contributed by atoms with Crippen LogP contribution < -0.4 is 29.7 Å². The molecule has 0 saturated carbocycles. The van der Waals surface area contributed by atoms with Crippen molar-refractivity contribution in [3.8, 4) is 17.2 Å². The van der Waals surface area contributed by atoms with Crippen LogP contribution in [0.2, 0.25) is 0 Å². The molecule has 0 unspecified atom stereocenters. The van der Waals surface area contributed by atoms with E-state index in [2.05, 4.69) is 10.6 Å². The molecular weight excluding hydrogens is 434 g/mol. The lowest BCUT2D eigenvalue weighted by atomic mass is 10.1. The van der Waals surface area contributed by atoms with Crippen molar-refractivity contribution in [2.75, 3.05) is 50.5 Å². The van der Waals surface area contributed by atoms with Crippen LogP contribution in [0.4, 0.5) is 17.1 Å². The summed E-state index contributed by atoms with van der Waals surface area (Å²) in [5.74, 6) is 0.609. The molecule has 0 spiro atoms. The van der Waals surface area contributed by atoms with E-state index < -0.39 is 0 Å². The van der Waals surface area contributed by atoms with Gasteiger partial charge >= 0.3 is 0 Å². The maximum Gasteiger partial charge on any atom is 0.262 e. The third-order valence-corrected chi connectivity index (χ3v) is 5.14. The zero-order valence-electron chi connectivity index (χ0n) is 20.0. The predicted octanol–water partition coefficient (Wildman–Crippen LogP) is 4.35. The van der Waals surface area contributed by atoms with Gasteiger partial charge < -0.3 is 29.7 Å². The topological polar surface area (TPSA) is 89.1 Å². The summed E-state index contributed by atoms with van der Waals surface area (Å²) in [6.07, 6.45) is 0. The molecule has 178 valence electrons. The van der Waals surface area contributed by atoms with Crippen LogP contribution in [0.15, 0.2) is 60.7 Å². The van der Waals surface area contributed by atoms with E-state index in [1.54, 1.807) is 36.4 Å². The lowest BCUT2D eigenvalue weighted by Crippen LogP contribution is -2.20. The summed E-state index contributed by atoms with van der Waals surface area (Å²) >= 11 is 0. The van der Waals surface area contributed by atoms with Crippen LogP contribution in [0.1, 0.15) is 15.9 Å². The second kappa shape index (κ2) is 11.1. The lowest BCUT2D eigenvalue weighted by molar-refractivity contribution is -0.118. The quantitative estimate of drug-likeness (QED) is 0.491. The number of amides is 2. The molecule has 8 nitrogen and oxygen atoms in total. The number of nitrogens with zero attached hydrogens (tertiary/aromatic N) is 1. The summed E-state index contributed by atoms with van der Waals surface area (Å²) in [7, 11) is 6.93. The van der Waals surface area contributed by atoms with Gasteiger partial charge in [-0.2, -0.15) is 0 Å². The van der Waals surface area contributed by atoms with Gasteiger partial charge in [0.05, 0.1) is 19.9 Å². The Labute approximate surface area is 199 Å². The first-order valence-electron chi connectivity index (χ1n) is 10.7. The Morgan fingerprint density at radius 3 is 2.24 bits per heavy atom. The lowest BCUT2D eigenvalue weighted by Gasteiger charge is -2.16. The molecule has 0 aliphatic heterocycles. The molecule has 0 aliphatic carbocycles. The first-order valence-corrected chi connectivity index (χ1v) is 10.7. The zero-order valence-corrected chi connectivity index (χ0v) is 20.0. The van der Waals surface area contributed by atoms with E-state index in [4.69, 9.17) is 14.2 Å². The number of hydrogen-bond donors (Lipinski definition) is 2. The van der Waals surface area contributed by atoms with Crippen LogP contribution in [-0.4, -0.2) is 46.7 Å². The Bertz CT molecular complexity index is 1180. The summed E-state index contributed by atoms with van der Waals surface area (Å²) in [5, 5.41) is 5.67. The molecule has 0 radical (unpaired) electrons. The second-order valence-electron chi connectivity index (χ2n) is 7.75. The average Bonchev–Trinajstić information content (AvgIpc) is 2.84. The smallest absolute Gasteiger partial charge is 0.262 e. The Hall–Kier alpha value is -4.20. The van der Waals surface area contributed by atoms with Crippen molar-refractivity contribution in [3.05, 3.63) is 71.8 Å². The Balaban J connectivity index is 1.66. The number of para-hydroxylation sites is 2. The molecule has 8 heteroatoms. The molecule has 34 heavy (non-hydrogen) atoms. The minimum atomic E-state index is -0.356. The zero-order chi connectivity index (χ0) is 24.7. The number of benzene rings is 3. The Kier molecular flexibility index (Phi) is 7.97. The molecule has 0 saturated heterocycles.